The van der Waals surface area contributed by atoms with Crippen LogP contribution in [0.15, 0.2) is 36.4 Å². The molecule has 2 aliphatic heterocycles. The Balaban J connectivity index is 1.61. The van der Waals surface area contributed by atoms with E-state index in [2.05, 4.69) is 0 Å². The molecule has 1 unspecified atom stereocenters. The molecule has 6 heteroatoms. The van der Waals surface area contributed by atoms with Gasteiger partial charge in [0.1, 0.15) is 11.9 Å². The van der Waals surface area contributed by atoms with Crippen molar-refractivity contribution < 1.29 is 23.8 Å². The lowest BCUT2D eigenvalue weighted by Crippen LogP contribution is -2.45. The van der Waals surface area contributed by atoms with Crippen molar-refractivity contribution in [3.63, 3.8) is 0 Å². The molecule has 0 radical (unpaired) electrons. The zero-order chi connectivity index (χ0) is 16.7. The number of fused-ring (bicyclic) bond motifs is 2. The predicted molar refractivity (Wildman–Crippen MR) is 83.3 cm³/mol. The molecule has 0 saturated heterocycles. The zero-order valence-electron chi connectivity index (χ0n) is 12.9. The highest BCUT2D eigenvalue weighted by Crippen LogP contribution is 2.34. The summed E-state index contributed by atoms with van der Waals surface area (Å²) in [5.74, 6) is 0.193. The molecule has 2 heterocycles. The predicted octanol–water partition coefficient (Wildman–Crippen LogP) is 2.57. The second-order valence-corrected chi connectivity index (χ2v) is 6.06. The molecule has 1 atom stereocenters. The van der Waals surface area contributed by atoms with E-state index in [0.29, 0.717) is 31.0 Å². The number of halogens is 1. The van der Waals surface area contributed by atoms with E-state index >= 15 is 0 Å². The SMILES string of the molecule is O=C(O)C1Cc2ccc(F)cc2CN1Cc1ccc2c(c1)OCO2. The summed E-state index contributed by atoms with van der Waals surface area (Å²) in [6.45, 7) is 1.05. The molecule has 2 aliphatic rings. The topological polar surface area (TPSA) is 59.0 Å². The van der Waals surface area contributed by atoms with E-state index in [-0.39, 0.29) is 12.6 Å². The van der Waals surface area contributed by atoms with Gasteiger partial charge in [0.05, 0.1) is 0 Å². The smallest absolute Gasteiger partial charge is 0.321 e. The van der Waals surface area contributed by atoms with Crippen LogP contribution in [0.3, 0.4) is 0 Å². The summed E-state index contributed by atoms with van der Waals surface area (Å²) in [5, 5.41) is 9.56. The summed E-state index contributed by atoms with van der Waals surface area (Å²) >= 11 is 0. The van der Waals surface area contributed by atoms with Crippen LogP contribution in [0.4, 0.5) is 4.39 Å². The molecule has 0 saturated carbocycles. The number of hydrogen-bond donors (Lipinski definition) is 1. The van der Waals surface area contributed by atoms with Gasteiger partial charge in [0, 0.05) is 13.1 Å². The number of aliphatic carboxylic acids is 1. The van der Waals surface area contributed by atoms with Gasteiger partial charge < -0.3 is 14.6 Å². The Kier molecular flexibility index (Phi) is 3.61. The van der Waals surface area contributed by atoms with E-state index in [0.717, 1.165) is 16.7 Å². The lowest BCUT2D eigenvalue weighted by atomic mass is 9.93. The fourth-order valence-corrected chi connectivity index (χ4v) is 3.29. The van der Waals surface area contributed by atoms with Crippen molar-refractivity contribution in [3.8, 4) is 11.5 Å². The Morgan fingerprint density at radius 1 is 1.17 bits per heavy atom. The van der Waals surface area contributed by atoms with E-state index < -0.39 is 12.0 Å². The summed E-state index contributed by atoms with van der Waals surface area (Å²) in [5.41, 5.74) is 2.67. The number of carboxylic acids is 1. The minimum atomic E-state index is -0.870. The van der Waals surface area contributed by atoms with Crippen LogP contribution >= 0.6 is 0 Å². The van der Waals surface area contributed by atoms with Crippen molar-refractivity contribution >= 4 is 5.97 Å². The molecule has 124 valence electrons. The van der Waals surface area contributed by atoms with Crippen molar-refractivity contribution in [2.75, 3.05) is 6.79 Å². The summed E-state index contributed by atoms with van der Waals surface area (Å²) in [4.78, 5) is 13.5. The number of hydrogen-bond acceptors (Lipinski definition) is 4. The van der Waals surface area contributed by atoms with Crippen molar-refractivity contribution in [2.45, 2.75) is 25.6 Å². The standard InChI is InChI=1S/C18H16FNO4/c19-14-3-2-12-7-15(18(21)22)20(9-13(12)6-14)8-11-1-4-16-17(5-11)24-10-23-16/h1-6,15H,7-10H2,(H,21,22). The van der Waals surface area contributed by atoms with Crippen LogP contribution in [0.5, 0.6) is 11.5 Å². The van der Waals surface area contributed by atoms with E-state index in [1.54, 1.807) is 6.07 Å². The van der Waals surface area contributed by atoms with Crippen LogP contribution in [0.25, 0.3) is 0 Å². The molecular formula is C18H16FNO4. The molecule has 1 N–H and O–H groups in total. The fourth-order valence-electron chi connectivity index (χ4n) is 3.29. The van der Waals surface area contributed by atoms with Gasteiger partial charge in [-0.3, -0.25) is 9.69 Å². The normalized spacial score (nSPS) is 19.1. The summed E-state index contributed by atoms with van der Waals surface area (Å²) in [7, 11) is 0. The molecule has 2 aromatic rings. The molecule has 0 bridgehead atoms. The first kappa shape index (κ1) is 15.0. The number of carboxylic acid groups (broad SMARTS) is 1. The van der Waals surface area contributed by atoms with Gasteiger partial charge in [-0.15, -0.1) is 0 Å². The Labute approximate surface area is 138 Å². The van der Waals surface area contributed by atoms with Gasteiger partial charge in [-0.25, -0.2) is 4.39 Å². The van der Waals surface area contributed by atoms with Gasteiger partial charge in [-0.2, -0.15) is 0 Å². The first-order valence-corrected chi connectivity index (χ1v) is 7.73. The maximum atomic E-state index is 13.5. The molecule has 2 aromatic carbocycles. The van der Waals surface area contributed by atoms with E-state index in [9.17, 15) is 14.3 Å². The maximum Gasteiger partial charge on any atom is 0.321 e. The second-order valence-electron chi connectivity index (χ2n) is 6.06. The molecule has 0 fully saturated rings. The third-order valence-electron chi connectivity index (χ3n) is 4.50. The third kappa shape index (κ3) is 2.69. The van der Waals surface area contributed by atoms with Gasteiger partial charge >= 0.3 is 5.97 Å². The summed E-state index contributed by atoms with van der Waals surface area (Å²) in [6, 6.07) is 9.50. The van der Waals surface area contributed by atoms with Crippen LogP contribution < -0.4 is 9.47 Å². The molecule has 0 spiro atoms. The average Bonchev–Trinajstić information content (AvgIpc) is 3.01. The number of carbonyl (C=O) groups is 1. The Bertz CT molecular complexity index is 808. The van der Waals surface area contributed by atoms with E-state index in [1.807, 2.05) is 23.1 Å². The Morgan fingerprint density at radius 2 is 2.00 bits per heavy atom. The largest absolute Gasteiger partial charge is 0.480 e. The van der Waals surface area contributed by atoms with Crippen LogP contribution in [-0.2, 0) is 24.3 Å². The average molecular weight is 329 g/mol. The molecule has 0 aromatic heterocycles. The highest BCUT2D eigenvalue weighted by atomic mass is 19.1. The molecule has 24 heavy (non-hydrogen) atoms. The van der Waals surface area contributed by atoms with Gasteiger partial charge in [-0.1, -0.05) is 12.1 Å². The number of ether oxygens (including phenoxy) is 2. The van der Waals surface area contributed by atoms with Crippen molar-refractivity contribution in [3.05, 3.63) is 58.9 Å². The first-order valence-electron chi connectivity index (χ1n) is 7.73. The lowest BCUT2D eigenvalue weighted by Gasteiger charge is -2.34. The van der Waals surface area contributed by atoms with Crippen molar-refractivity contribution in [1.29, 1.82) is 0 Å². The van der Waals surface area contributed by atoms with Crippen molar-refractivity contribution in [1.82, 2.24) is 4.90 Å². The zero-order valence-corrected chi connectivity index (χ0v) is 12.9. The van der Waals surface area contributed by atoms with Crippen LogP contribution in [-0.4, -0.2) is 28.8 Å². The van der Waals surface area contributed by atoms with Gasteiger partial charge in [-0.05, 0) is 47.4 Å². The maximum absolute atomic E-state index is 13.5. The third-order valence-corrected chi connectivity index (χ3v) is 4.50. The quantitative estimate of drug-likeness (QED) is 0.938. The highest BCUT2D eigenvalue weighted by molar-refractivity contribution is 5.74. The Morgan fingerprint density at radius 3 is 2.83 bits per heavy atom. The van der Waals surface area contributed by atoms with E-state index in [1.165, 1.54) is 12.1 Å². The number of benzene rings is 2. The van der Waals surface area contributed by atoms with Gasteiger partial charge in [0.15, 0.2) is 11.5 Å². The first-order chi connectivity index (χ1) is 11.6. The molecule has 0 amide bonds. The molecule has 5 nitrogen and oxygen atoms in total. The van der Waals surface area contributed by atoms with E-state index in [4.69, 9.17) is 9.47 Å². The van der Waals surface area contributed by atoms with Crippen LogP contribution in [0.1, 0.15) is 16.7 Å². The minimum absolute atomic E-state index is 0.201. The number of rotatable bonds is 3. The van der Waals surface area contributed by atoms with Crippen molar-refractivity contribution in [2.24, 2.45) is 0 Å². The molecule has 4 rings (SSSR count). The minimum Gasteiger partial charge on any atom is -0.480 e. The lowest BCUT2D eigenvalue weighted by molar-refractivity contribution is -0.144. The fraction of sp³-hybridized carbons (Fsp3) is 0.278. The van der Waals surface area contributed by atoms with Gasteiger partial charge in [0.2, 0.25) is 6.79 Å². The summed E-state index contributed by atoms with van der Waals surface area (Å²) < 4.78 is 24.1. The molecule has 0 aliphatic carbocycles. The monoisotopic (exact) mass is 329 g/mol. The number of nitrogens with zero attached hydrogens (tertiary/aromatic N) is 1. The second kappa shape index (κ2) is 5.79. The van der Waals surface area contributed by atoms with Crippen LogP contribution in [0.2, 0.25) is 0 Å². The van der Waals surface area contributed by atoms with Crippen LogP contribution in [0, 0.1) is 5.82 Å². The molecular weight excluding hydrogens is 313 g/mol. The Hall–Kier alpha value is -2.60. The summed E-state index contributed by atoms with van der Waals surface area (Å²) in [6.07, 6.45) is 0.371. The van der Waals surface area contributed by atoms with Gasteiger partial charge in [0.25, 0.3) is 0 Å². The highest BCUT2D eigenvalue weighted by Gasteiger charge is 2.31.